The van der Waals surface area contributed by atoms with Crippen LogP contribution in [0.4, 0.5) is 11.5 Å². The highest BCUT2D eigenvalue weighted by atomic mass is 16.5. The molecule has 10 nitrogen and oxygen atoms in total. The summed E-state index contributed by atoms with van der Waals surface area (Å²) in [6, 6.07) is 18.1. The fourth-order valence-electron chi connectivity index (χ4n) is 8.60. The molecule has 1 aliphatic carbocycles. The largest absolute Gasteiger partial charge is 0.395 e. The average Bonchev–Trinajstić information content (AvgIpc) is 3.85. The number of anilines is 2. The number of aromatic nitrogens is 3. The number of likely N-dealkylation sites (tertiary alicyclic amines) is 1. The van der Waals surface area contributed by atoms with Crippen molar-refractivity contribution in [3.05, 3.63) is 83.8 Å². The highest BCUT2D eigenvalue weighted by molar-refractivity contribution is 5.99. The summed E-state index contributed by atoms with van der Waals surface area (Å²) in [7, 11) is 1.85. The quantitative estimate of drug-likeness (QED) is 0.167. The zero-order valence-corrected chi connectivity index (χ0v) is 30.4. The molecule has 1 saturated heterocycles. The second-order valence-corrected chi connectivity index (χ2v) is 15.1. The van der Waals surface area contributed by atoms with Crippen LogP contribution in [-0.2, 0) is 23.8 Å². The number of pyridine rings is 1. The smallest absolute Gasteiger partial charge is 0.255 e. The molecule has 0 bridgehead atoms. The van der Waals surface area contributed by atoms with Crippen molar-refractivity contribution >= 4 is 17.4 Å². The van der Waals surface area contributed by atoms with Crippen molar-refractivity contribution in [2.45, 2.75) is 89.0 Å². The van der Waals surface area contributed by atoms with Crippen LogP contribution >= 0.6 is 0 Å². The number of hydrogen-bond acceptors (Lipinski definition) is 8. The van der Waals surface area contributed by atoms with E-state index in [1.807, 2.05) is 13.2 Å². The van der Waals surface area contributed by atoms with E-state index in [2.05, 4.69) is 81.5 Å². The number of aryl methyl sites for hydroxylation is 1. The number of hydrogen-bond donors (Lipinski definition) is 3. The summed E-state index contributed by atoms with van der Waals surface area (Å²) in [5, 5.41) is 16.8. The first kappa shape index (κ1) is 35.2. The van der Waals surface area contributed by atoms with Crippen LogP contribution in [0.15, 0.2) is 67.1 Å². The highest BCUT2D eigenvalue weighted by Crippen LogP contribution is 2.47. The predicted molar refractivity (Wildman–Crippen MR) is 203 cm³/mol. The number of nitrogen functional groups attached to an aromatic ring is 1. The summed E-state index contributed by atoms with van der Waals surface area (Å²) in [6.07, 6.45) is 12.6. The third-order valence-corrected chi connectivity index (χ3v) is 11.4. The number of rotatable bonds is 12. The minimum absolute atomic E-state index is 0.0675. The van der Waals surface area contributed by atoms with Crippen molar-refractivity contribution in [1.29, 1.82) is 0 Å². The van der Waals surface area contributed by atoms with Crippen LogP contribution in [-0.4, -0.2) is 81.7 Å². The predicted octanol–water partition coefficient (Wildman–Crippen LogP) is 5.93. The van der Waals surface area contributed by atoms with E-state index in [0.717, 1.165) is 81.4 Å². The van der Waals surface area contributed by atoms with Crippen molar-refractivity contribution in [3.63, 3.8) is 0 Å². The molecule has 1 unspecified atom stereocenters. The monoisotopic (exact) mass is 691 g/mol. The Morgan fingerprint density at radius 1 is 1.02 bits per heavy atom. The Morgan fingerprint density at radius 3 is 2.53 bits per heavy atom. The first-order chi connectivity index (χ1) is 24.7. The van der Waals surface area contributed by atoms with Crippen molar-refractivity contribution in [1.82, 2.24) is 25.0 Å². The minimum atomic E-state index is -0.230. The summed E-state index contributed by atoms with van der Waals surface area (Å²) in [5.41, 5.74) is 14.8. The topological polar surface area (TPSA) is 122 Å². The lowest BCUT2D eigenvalue weighted by atomic mass is 9.79. The van der Waals surface area contributed by atoms with Crippen LogP contribution in [0, 0.1) is 0 Å². The Hall–Kier alpha value is -4.25. The zero-order chi connectivity index (χ0) is 35.5. The van der Waals surface area contributed by atoms with E-state index in [0.29, 0.717) is 18.2 Å². The van der Waals surface area contributed by atoms with Gasteiger partial charge in [-0.1, -0.05) is 50.6 Å². The molecule has 10 heteroatoms. The average molecular weight is 692 g/mol. The van der Waals surface area contributed by atoms with Gasteiger partial charge in [0.2, 0.25) is 0 Å². The number of benzene rings is 2. The van der Waals surface area contributed by atoms with Gasteiger partial charge < -0.3 is 30.7 Å². The number of carbonyl (C=O) groups is 1. The number of fused-ring (bicyclic) bond motifs is 1. The van der Waals surface area contributed by atoms with E-state index >= 15 is 0 Å². The fraction of sp³-hybridized carbons (Fsp3) is 0.488. The summed E-state index contributed by atoms with van der Waals surface area (Å²) in [4.78, 5) is 22.7. The second kappa shape index (κ2) is 15.2. The molecule has 0 spiro atoms. The van der Waals surface area contributed by atoms with Gasteiger partial charge in [-0.05, 0) is 79.0 Å². The number of piperidine rings is 1. The molecule has 0 radical (unpaired) electrons. The SMILES string of the molecule is CCCC1(C)CN(C2CCN(CCO)CC2)c2ccc(-c3ccc(CO[C@H]4CCC[C@@H]4NC(=O)c4cc(-c5cnn(C)c5)cnc4N)cc3)cc21. The van der Waals surface area contributed by atoms with Gasteiger partial charge >= 0.3 is 0 Å². The van der Waals surface area contributed by atoms with Gasteiger partial charge in [-0.25, -0.2) is 4.98 Å². The van der Waals surface area contributed by atoms with Gasteiger partial charge in [0.15, 0.2) is 0 Å². The zero-order valence-electron chi connectivity index (χ0n) is 30.4. The maximum Gasteiger partial charge on any atom is 0.255 e. The van der Waals surface area contributed by atoms with Gasteiger partial charge in [0, 0.05) is 73.9 Å². The molecule has 2 aromatic carbocycles. The summed E-state index contributed by atoms with van der Waals surface area (Å²) < 4.78 is 8.14. The fourth-order valence-corrected chi connectivity index (χ4v) is 8.60. The molecule has 270 valence electrons. The number of amides is 1. The van der Waals surface area contributed by atoms with Gasteiger partial charge in [0.25, 0.3) is 5.91 Å². The molecule has 2 aliphatic heterocycles. The van der Waals surface area contributed by atoms with Crippen LogP contribution in [0.2, 0.25) is 0 Å². The third kappa shape index (κ3) is 7.54. The first-order valence-corrected chi connectivity index (χ1v) is 18.8. The maximum atomic E-state index is 13.4. The second-order valence-electron chi connectivity index (χ2n) is 15.1. The number of nitrogens with zero attached hydrogens (tertiary/aromatic N) is 5. The number of carbonyl (C=O) groups excluding carboxylic acids is 1. The number of aliphatic hydroxyl groups is 1. The van der Waals surface area contributed by atoms with Gasteiger partial charge in [-0.2, -0.15) is 5.10 Å². The van der Waals surface area contributed by atoms with Crippen LogP contribution in [0.3, 0.4) is 0 Å². The maximum absolute atomic E-state index is 13.4. The van der Waals surface area contributed by atoms with Crippen molar-refractivity contribution in [3.8, 4) is 22.3 Å². The van der Waals surface area contributed by atoms with E-state index in [-0.39, 0.29) is 35.9 Å². The number of nitrogens with one attached hydrogen (secondary N) is 1. The Bertz CT molecular complexity index is 1820. The number of nitrogens with two attached hydrogens (primary N) is 1. The summed E-state index contributed by atoms with van der Waals surface area (Å²) in [5.74, 6) is -0.0199. The highest BCUT2D eigenvalue weighted by Gasteiger charge is 2.41. The van der Waals surface area contributed by atoms with Crippen molar-refractivity contribution < 1.29 is 14.6 Å². The Kier molecular flexibility index (Phi) is 10.5. The molecule has 4 aromatic rings. The number of ether oxygens (including phenoxy) is 1. The Balaban J connectivity index is 0.988. The van der Waals surface area contributed by atoms with Gasteiger partial charge in [-0.3, -0.25) is 9.48 Å². The molecule has 3 aliphatic rings. The van der Waals surface area contributed by atoms with Gasteiger partial charge in [-0.15, -0.1) is 0 Å². The number of aliphatic hydroxyl groups excluding tert-OH is 1. The van der Waals surface area contributed by atoms with E-state index in [1.165, 1.54) is 28.8 Å². The molecule has 7 rings (SSSR count). The van der Waals surface area contributed by atoms with E-state index in [1.54, 1.807) is 23.1 Å². The minimum Gasteiger partial charge on any atom is -0.395 e. The van der Waals surface area contributed by atoms with E-state index in [9.17, 15) is 9.90 Å². The molecule has 4 heterocycles. The van der Waals surface area contributed by atoms with Crippen LogP contribution in [0.25, 0.3) is 22.3 Å². The number of β-amino-alcohol motifs (C(OH)–C–C–N with tert-alkyl or cyclic N) is 1. The van der Waals surface area contributed by atoms with E-state index < -0.39 is 0 Å². The van der Waals surface area contributed by atoms with Crippen LogP contribution in [0.5, 0.6) is 0 Å². The summed E-state index contributed by atoms with van der Waals surface area (Å²) >= 11 is 0. The third-order valence-electron chi connectivity index (χ3n) is 11.4. The lowest BCUT2D eigenvalue weighted by Gasteiger charge is -2.38. The molecule has 4 N–H and O–H groups in total. The van der Waals surface area contributed by atoms with Crippen LogP contribution in [0.1, 0.15) is 80.3 Å². The first-order valence-electron chi connectivity index (χ1n) is 18.8. The molecule has 3 atom stereocenters. The molecule has 1 saturated carbocycles. The molecular weight excluding hydrogens is 638 g/mol. The molecule has 2 aromatic heterocycles. The molecule has 1 amide bonds. The molecular formula is C41H53N7O3. The Morgan fingerprint density at radius 2 is 1.80 bits per heavy atom. The van der Waals surface area contributed by atoms with Crippen molar-refractivity contribution in [2.24, 2.45) is 7.05 Å². The Labute approximate surface area is 302 Å². The van der Waals surface area contributed by atoms with Crippen LogP contribution < -0.4 is 16.0 Å². The lowest BCUT2D eigenvalue weighted by Crippen LogP contribution is -2.46. The van der Waals surface area contributed by atoms with Crippen molar-refractivity contribution in [2.75, 3.05) is 43.4 Å². The standard InChI is InChI=1S/C41H53N7O3/c1-4-16-41(2)27-48(33-14-17-47(18-15-33)19-20-49)37-13-12-30(22-35(37)41)29-10-8-28(9-11-29)26-51-38-7-5-6-36(38)45-40(50)34-21-31(23-43-39(34)42)32-24-44-46(3)25-32/h8-13,21-25,33,36,38,49H,4-7,14-20,26-27H2,1-3H3,(H2,42,43)(H,45,50)/t36-,38-,41?/m0/s1. The summed E-state index contributed by atoms with van der Waals surface area (Å²) in [6.45, 7) is 9.44. The van der Waals surface area contributed by atoms with E-state index in [4.69, 9.17) is 10.5 Å². The molecule has 2 fully saturated rings. The lowest BCUT2D eigenvalue weighted by molar-refractivity contribution is 0.0272. The van der Waals surface area contributed by atoms with Gasteiger partial charge in [0.1, 0.15) is 5.82 Å². The molecule has 51 heavy (non-hydrogen) atoms. The normalized spacial score (nSPS) is 22.4. The van der Waals surface area contributed by atoms with Gasteiger partial charge in [0.05, 0.1) is 37.1 Å².